The smallest absolute Gasteiger partial charge is 0.163 e. The van der Waals surface area contributed by atoms with Crippen LogP contribution in [0.15, 0.2) is 36.7 Å². The summed E-state index contributed by atoms with van der Waals surface area (Å²) in [5, 5.41) is 9.06. The zero-order valence-corrected chi connectivity index (χ0v) is 8.44. The van der Waals surface area contributed by atoms with Crippen molar-refractivity contribution in [3.8, 4) is 17.3 Å². The molecular formula is C11H6ClN3. The van der Waals surface area contributed by atoms with Crippen LogP contribution >= 0.6 is 11.6 Å². The van der Waals surface area contributed by atoms with Crippen molar-refractivity contribution in [1.29, 1.82) is 5.26 Å². The molecule has 15 heavy (non-hydrogen) atoms. The second-order valence-corrected chi connectivity index (χ2v) is 3.24. The van der Waals surface area contributed by atoms with E-state index in [0.717, 1.165) is 5.56 Å². The minimum atomic E-state index is 0.200. The van der Waals surface area contributed by atoms with Gasteiger partial charge < -0.3 is 0 Å². The van der Waals surface area contributed by atoms with Gasteiger partial charge in [0.2, 0.25) is 0 Å². The highest BCUT2D eigenvalue weighted by Crippen LogP contribution is 2.26. The first-order valence-electron chi connectivity index (χ1n) is 4.29. The summed E-state index contributed by atoms with van der Waals surface area (Å²) in [6.07, 6.45) is 1.34. The number of halogens is 1. The van der Waals surface area contributed by atoms with Crippen molar-refractivity contribution < 1.29 is 0 Å². The van der Waals surface area contributed by atoms with E-state index in [1.165, 1.54) is 6.33 Å². The number of nitrogens with zero attached hydrogens (tertiary/aromatic N) is 3. The predicted molar refractivity (Wildman–Crippen MR) is 57.2 cm³/mol. The molecular weight excluding hydrogens is 210 g/mol. The standard InChI is InChI=1S/C11H6ClN3/c12-10-9(6-13)14-7-15-11(10)8-4-2-1-3-5-8/h1-5,7H. The predicted octanol–water partition coefficient (Wildman–Crippen LogP) is 2.67. The van der Waals surface area contributed by atoms with E-state index in [1.807, 2.05) is 36.4 Å². The first-order valence-corrected chi connectivity index (χ1v) is 4.66. The highest BCUT2D eigenvalue weighted by molar-refractivity contribution is 6.33. The number of aromatic nitrogens is 2. The summed E-state index contributed by atoms with van der Waals surface area (Å²) >= 11 is 6.00. The molecule has 2 rings (SSSR count). The average Bonchev–Trinajstić information content (AvgIpc) is 2.30. The van der Waals surface area contributed by atoms with Crippen molar-refractivity contribution in [1.82, 2.24) is 9.97 Å². The maximum atomic E-state index is 8.77. The summed E-state index contributed by atoms with van der Waals surface area (Å²) in [5.41, 5.74) is 1.66. The van der Waals surface area contributed by atoms with Gasteiger partial charge in [0, 0.05) is 5.56 Å². The van der Waals surface area contributed by atoms with Gasteiger partial charge in [0.15, 0.2) is 5.69 Å². The van der Waals surface area contributed by atoms with Crippen LogP contribution in [0.2, 0.25) is 5.02 Å². The van der Waals surface area contributed by atoms with Crippen molar-refractivity contribution >= 4 is 11.6 Å². The minimum absolute atomic E-state index is 0.200. The van der Waals surface area contributed by atoms with Crippen molar-refractivity contribution in [2.24, 2.45) is 0 Å². The van der Waals surface area contributed by atoms with E-state index in [0.29, 0.717) is 10.7 Å². The Morgan fingerprint density at radius 1 is 1.13 bits per heavy atom. The van der Waals surface area contributed by atoms with Crippen molar-refractivity contribution in [2.75, 3.05) is 0 Å². The van der Waals surface area contributed by atoms with Gasteiger partial charge in [0.25, 0.3) is 0 Å². The van der Waals surface area contributed by atoms with E-state index in [9.17, 15) is 0 Å². The summed E-state index contributed by atoms with van der Waals surface area (Å²) < 4.78 is 0. The number of hydrogen-bond donors (Lipinski definition) is 0. The topological polar surface area (TPSA) is 49.6 Å². The molecule has 3 nitrogen and oxygen atoms in total. The molecule has 0 atom stereocenters. The number of nitriles is 1. The van der Waals surface area contributed by atoms with Crippen LogP contribution in [0.3, 0.4) is 0 Å². The van der Waals surface area contributed by atoms with Crippen LogP contribution in [0.1, 0.15) is 5.69 Å². The number of benzene rings is 1. The van der Waals surface area contributed by atoms with Crippen LogP contribution in [0.25, 0.3) is 11.3 Å². The third-order valence-electron chi connectivity index (χ3n) is 1.94. The Labute approximate surface area is 92.0 Å². The molecule has 0 bridgehead atoms. The lowest BCUT2D eigenvalue weighted by Gasteiger charge is -2.02. The van der Waals surface area contributed by atoms with Crippen LogP contribution in [0, 0.1) is 11.3 Å². The molecule has 0 fully saturated rings. The van der Waals surface area contributed by atoms with Gasteiger partial charge in [0.05, 0.1) is 5.69 Å². The Morgan fingerprint density at radius 2 is 1.87 bits per heavy atom. The van der Waals surface area contributed by atoms with Gasteiger partial charge in [0.1, 0.15) is 17.4 Å². The molecule has 0 saturated carbocycles. The molecule has 72 valence electrons. The molecule has 0 N–H and O–H groups in total. The van der Waals surface area contributed by atoms with E-state index in [2.05, 4.69) is 9.97 Å². The quantitative estimate of drug-likeness (QED) is 0.735. The lowest BCUT2D eigenvalue weighted by molar-refractivity contribution is 1.14. The first-order chi connectivity index (χ1) is 7.33. The molecule has 1 aromatic heterocycles. The highest BCUT2D eigenvalue weighted by atomic mass is 35.5. The molecule has 1 heterocycles. The fourth-order valence-corrected chi connectivity index (χ4v) is 1.49. The van der Waals surface area contributed by atoms with Crippen molar-refractivity contribution in [2.45, 2.75) is 0 Å². The maximum absolute atomic E-state index is 8.77. The molecule has 4 heteroatoms. The zero-order valence-electron chi connectivity index (χ0n) is 7.68. The number of rotatable bonds is 1. The summed E-state index contributed by atoms with van der Waals surface area (Å²) in [7, 11) is 0. The highest BCUT2D eigenvalue weighted by Gasteiger charge is 2.09. The fourth-order valence-electron chi connectivity index (χ4n) is 1.25. The van der Waals surface area contributed by atoms with Crippen LogP contribution in [0.5, 0.6) is 0 Å². The molecule has 0 radical (unpaired) electrons. The summed E-state index contributed by atoms with van der Waals surface area (Å²) in [4.78, 5) is 7.84. The summed E-state index contributed by atoms with van der Waals surface area (Å²) in [5.74, 6) is 0. The average molecular weight is 216 g/mol. The molecule has 0 aliphatic rings. The molecule has 0 saturated heterocycles. The molecule has 0 spiro atoms. The maximum Gasteiger partial charge on any atom is 0.163 e. The minimum Gasteiger partial charge on any atom is -0.235 e. The van der Waals surface area contributed by atoms with Crippen LogP contribution < -0.4 is 0 Å². The second-order valence-electron chi connectivity index (χ2n) is 2.86. The van der Waals surface area contributed by atoms with E-state index in [1.54, 1.807) is 0 Å². The Balaban J connectivity index is 2.61. The molecule has 1 aromatic carbocycles. The van der Waals surface area contributed by atoms with Crippen LogP contribution in [0.4, 0.5) is 0 Å². The van der Waals surface area contributed by atoms with E-state index < -0.39 is 0 Å². The monoisotopic (exact) mass is 215 g/mol. The van der Waals surface area contributed by atoms with Gasteiger partial charge in [-0.2, -0.15) is 5.26 Å². The van der Waals surface area contributed by atoms with Crippen molar-refractivity contribution in [3.63, 3.8) is 0 Å². The van der Waals surface area contributed by atoms with Gasteiger partial charge >= 0.3 is 0 Å². The van der Waals surface area contributed by atoms with E-state index in [-0.39, 0.29) is 5.69 Å². The third-order valence-corrected chi connectivity index (χ3v) is 2.30. The van der Waals surface area contributed by atoms with Crippen molar-refractivity contribution in [3.05, 3.63) is 47.4 Å². The lowest BCUT2D eigenvalue weighted by atomic mass is 10.1. The third kappa shape index (κ3) is 1.80. The van der Waals surface area contributed by atoms with E-state index in [4.69, 9.17) is 16.9 Å². The second kappa shape index (κ2) is 4.07. The Morgan fingerprint density at radius 3 is 2.53 bits per heavy atom. The SMILES string of the molecule is N#Cc1ncnc(-c2ccccc2)c1Cl. The Hall–Kier alpha value is -1.92. The molecule has 0 aliphatic heterocycles. The van der Waals surface area contributed by atoms with Crippen LogP contribution in [-0.4, -0.2) is 9.97 Å². The van der Waals surface area contributed by atoms with Gasteiger partial charge in [-0.25, -0.2) is 9.97 Å². The number of hydrogen-bond acceptors (Lipinski definition) is 3. The molecule has 0 amide bonds. The molecule has 2 aromatic rings. The van der Waals surface area contributed by atoms with Gasteiger partial charge in [-0.1, -0.05) is 41.9 Å². The lowest BCUT2D eigenvalue weighted by Crippen LogP contribution is -1.91. The normalized spacial score (nSPS) is 9.60. The first kappa shape index (κ1) is 9.63. The van der Waals surface area contributed by atoms with Gasteiger partial charge in [-0.05, 0) is 0 Å². The molecule has 0 aliphatic carbocycles. The fraction of sp³-hybridized carbons (Fsp3) is 0. The zero-order chi connectivity index (χ0) is 10.7. The Bertz CT molecular complexity index is 517. The summed E-state index contributed by atoms with van der Waals surface area (Å²) in [6, 6.07) is 11.4. The molecule has 0 unspecified atom stereocenters. The van der Waals surface area contributed by atoms with Crippen LogP contribution in [-0.2, 0) is 0 Å². The Kier molecular flexibility index (Phi) is 2.61. The van der Waals surface area contributed by atoms with E-state index >= 15 is 0 Å². The van der Waals surface area contributed by atoms with Gasteiger partial charge in [-0.3, -0.25) is 0 Å². The largest absolute Gasteiger partial charge is 0.235 e. The summed E-state index contributed by atoms with van der Waals surface area (Å²) in [6.45, 7) is 0. The van der Waals surface area contributed by atoms with Gasteiger partial charge in [-0.15, -0.1) is 0 Å².